The molecule has 0 saturated carbocycles. The van der Waals surface area contributed by atoms with E-state index in [1.807, 2.05) is 65.0 Å². The first kappa shape index (κ1) is 30.9. The van der Waals surface area contributed by atoms with E-state index in [1.54, 1.807) is 35.1 Å². The maximum Gasteiger partial charge on any atom is 0.320 e. The Labute approximate surface area is 261 Å². The number of hydrogen-bond acceptors (Lipinski definition) is 6. The molecule has 2 amide bonds. The fraction of sp³-hybridized carbons (Fsp3) is 0.333. The third-order valence-electron chi connectivity index (χ3n) is 7.64. The maximum absolute atomic E-state index is 13.4. The van der Waals surface area contributed by atoms with Crippen LogP contribution >= 0.6 is 11.6 Å². The second-order valence-corrected chi connectivity index (χ2v) is 12.7. The predicted octanol–water partition coefficient (Wildman–Crippen LogP) is 7.07. The van der Waals surface area contributed by atoms with Crippen LogP contribution in [0.3, 0.4) is 0 Å². The number of hydrogen-bond donors (Lipinski definition) is 5. The van der Waals surface area contributed by atoms with Gasteiger partial charge in [-0.15, -0.1) is 0 Å². The van der Waals surface area contributed by atoms with Gasteiger partial charge in [-0.2, -0.15) is 5.10 Å². The lowest BCUT2D eigenvalue weighted by Gasteiger charge is -2.32. The average molecular weight is 616 g/mol. The molecule has 5 rings (SSSR count). The highest BCUT2D eigenvalue weighted by atomic mass is 35.5. The van der Waals surface area contributed by atoms with Gasteiger partial charge in [0.2, 0.25) is 0 Å². The van der Waals surface area contributed by atoms with Gasteiger partial charge in [0.1, 0.15) is 34.7 Å². The smallest absolute Gasteiger partial charge is 0.320 e. The molecule has 5 N–H and O–H groups in total. The molecule has 2 heterocycles. The van der Waals surface area contributed by atoms with Gasteiger partial charge in [0.05, 0.1) is 28.6 Å². The summed E-state index contributed by atoms with van der Waals surface area (Å²) in [4.78, 5) is 13.4. The van der Waals surface area contributed by atoms with Crippen molar-refractivity contribution < 1.29 is 14.6 Å². The highest BCUT2D eigenvalue weighted by Gasteiger charge is 2.30. The molecule has 4 aromatic rings. The molecule has 0 bridgehead atoms. The number of halogens is 1. The first-order valence-electron chi connectivity index (χ1n) is 14.6. The van der Waals surface area contributed by atoms with Crippen molar-refractivity contribution >= 4 is 29.3 Å². The van der Waals surface area contributed by atoms with Crippen LogP contribution in [0.1, 0.15) is 76.4 Å². The Hall–Kier alpha value is -4.57. The summed E-state index contributed by atoms with van der Waals surface area (Å²) in [6.45, 7) is 9.96. The van der Waals surface area contributed by atoms with E-state index < -0.39 is 0 Å². The molecule has 0 fully saturated rings. The molecule has 2 aromatic carbocycles. The number of pyridine rings is 1. The van der Waals surface area contributed by atoms with Crippen LogP contribution in [-0.2, 0) is 5.41 Å². The lowest BCUT2D eigenvalue weighted by Crippen LogP contribution is -2.36. The van der Waals surface area contributed by atoms with E-state index in [0.717, 1.165) is 16.8 Å². The van der Waals surface area contributed by atoms with Gasteiger partial charge in [0.15, 0.2) is 0 Å². The topological polar surface area (TPSA) is 141 Å². The summed E-state index contributed by atoms with van der Waals surface area (Å²) >= 11 is 6.18. The van der Waals surface area contributed by atoms with Crippen LogP contribution in [0.25, 0.3) is 5.69 Å². The molecule has 1 aliphatic carbocycles. The molecule has 0 radical (unpaired) electrons. The molecular weight excluding hydrogens is 578 g/mol. The number of carbonyl (C=O) groups is 1. The molecule has 10 nitrogen and oxygen atoms in total. The number of ether oxygens (including phenoxy) is 1. The van der Waals surface area contributed by atoms with Crippen molar-refractivity contribution in [2.24, 2.45) is 5.92 Å². The minimum atomic E-state index is -0.380. The van der Waals surface area contributed by atoms with Gasteiger partial charge in [-0.3, -0.25) is 20.7 Å². The molecule has 230 valence electrons. The second-order valence-electron chi connectivity index (χ2n) is 12.3. The summed E-state index contributed by atoms with van der Waals surface area (Å²) in [6.07, 6.45) is 2.75. The number of benzene rings is 2. The minimum Gasteiger partial charge on any atom is -0.506 e. The molecule has 11 heteroatoms. The Bertz CT molecular complexity index is 1770. The molecule has 2 aromatic heterocycles. The Balaban J connectivity index is 1.36. The number of aromatic hydroxyl groups is 1. The first-order valence-corrected chi connectivity index (χ1v) is 15.0. The SMILES string of the molecule is CC(C)C(=N)n1cc(O[C@@H]2CC[C@H](NC(=O)Nc3cc(C(C)(C)C)nn3-c3ccc(O)c(Cl)c3)c3ccccc32)ccc1=N. The second kappa shape index (κ2) is 12.2. The van der Waals surface area contributed by atoms with Crippen molar-refractivity contribution in [2.45, 2.75) is 65.0 Å². The van der Waals surface area contributed by atoms with Gasteiger partial charge in [-0.25, -0.2) is 9.48 Å². The molecular formula is C33H38ClN7O3. The zero-order valence-corrected chi connectivity index (χ0v) is 26.2. The van der Waals surface area contributed by atoms with Crippen molar-refractivity contribution in [1.82, 2.24) is 19.7 Å². The number of nitrogens with zero attached hydrogens (tertiary/aromatic N) is 3. The largest absolute Gasteiger partial charge is 0.506 e. The van der Waals surface area contributed by atoms with Gasteiger partial charge >= 0.3 is 6.03 Å². The number of anilines is 1. The van der Waals surface area contributed by atoms with E-state index in [-0.39, 0.29) is 45.8 Å². The fourth-order valence-electron chi connectivity index (χ4n) is 5.19. The molecule has 0 unspecified atom stereocenters. The van der Waals surface area contributed by atoms with E-state index in [9.17, 15) is 9.90 Å². The number of aromatic nitrogens is 3. The van der Waals surface area contributed by atoms with Crippen molar-refractivity contribution in [3.8, 4) is 17.2 Å². The number of urea groups is 1. The zero-order valence-electron chi connectivity index (χ0n) is 25.5. The van der Waals surface area contributed by atoms with E-state index in [4.69, 9.17) is 32.3 Å². The van der Waals surface area contributed by atoms with E-state index in [0.29, 0.717) is 35.9 Å². The van der Waals surface area contributed by atoms with Crippen molar-refractivity contribution in [2.75, 3.05) is 5.32 Å². The number of amides is 2. The summed E-state index contributed by atoms with van der Waals surface area (Å²) in [6, 6.07) is 17.3. The highest BCUT2D eigenvalue weighted by molar-refractivity contribution is 6.32. The molecule has 1 aliphatic rings. The van der Waals surface area contributed by atoms with Gasteiger partial charge in [-0.05, 0) is 54.3 Å². The van der Waals surface area contributed by atoms with Gasteiger partial charge in [-0.1, -0.05) is 70.5 Å². The van der Waals surface area contributed by atoms with Crippen molar-refractivity contribution in [3.05, 3.63) is 94.2 Å². The third kappa shape index (κ3) is 6.50. The lowest BCUT2D eigenvalue weighted by atomic mass is 9.85. The number of fused-ring (bicyclic) bond motifs is 1. The summed E-state index contributed by atoms with van der Waals surface area (Å²) in [5, 5.41) is 37.5. The Morgan fingerprint density at radius 2 is 1.82 bits per heavy atom. The first-order chi connectivity index (χ1) is 20.8. The molecule has 0 spiro atoms. The molecule has 44 heavy (non-hydrogen) atoms. The number of carbonyl (C=O) groups excluding carboxylic acids is 1. The van der Waals surface area contributed by atoms with Crippen LogP contribution in [0.5, 0.6) is 11.5 Å². The monoisotopic (exact) mass is 615 g/mol. The van der Waals surface area contributed by atoms with Crippen LogP contribution in [-0.4, -0.2) is 31.3 Å². The molecule has 0 saturated heterocycles. The van der Waals surface area contributed by atoms with Crippen molar-refractivity contribution in [1.29, 1.82) is 10.8 Å². The zero-order chi connectivity index (χ0) is 31.8. The summed E-state index contributed by atoms with van der Waals surface area (Å²) < 4.78 is 9.55. The van der Waals surface area contributed by atoms with Gasteiger partial charge in [0.25, 0.3) is 0 Å². The van der Waals surface area contributed by atoms with Crippen LogP contribution in [0.15, 0.2) is 66.9 Å². The number of phenols is 1. The normalized spacial score (nSPS) is 16.3. The van der Waals surface area contributed by atoms with Gasteiger partial charge in [0, 0.05) is 17.4 Å². The van der Waals surface area contributed by atoms with Crippen LogP contribution in [0.4, 0.5) is 10.6 Å². The van der Waals surface area contributed by atoms with E-state index in [2.05, 4.69) is 10.6 Å². The number of phenolic OH excluding ortho intramolecular Hbond substituents is 1. The van der Waals surface area contributed by atoms with Crippen LogP contribution < -0.4 is 20.9 Å². The summed E-state index contributed by atoms with van der Waals surface area (Å²) in [5.41, 5.74) is 3.27. The Kier molecular flexibility index (Phi) is 8.56. The Morgan fingerprint density at radius 3 is 2.50 bits per heavy atom. The van der Waals surface area contributed by atoms with Crippen molar-refractivity contribution in [3.63, 3.8) is 0 Å². The van der Waals surface area contributed by atoms with Gasteiger partial charge < -0.3 is 15.2 Å². The highest BCUT2D eigenvalue weighted by Crippen LogP contribution is 2.39. The van der Waals surface area contributed by atoms with Crippen LogP contribution in [0, 0.1) is 16.7 Å². The average Bonchev–Trinajstić information content (AvgIpc) is 3.40. The lowest BCUT2D eigenvalue weighted by molar-refractivity contribution is 0.171. The Morgan fingerprint density at radius 1 is 1.09 bits per heavy atom. The number of nitrogens with one attached hydrogen (secondary N) is 4. The molecule has 2 atom stereocenters. The summed E-state index contributed by atoms with van der Waals surface area (Å²) in [5.74, 6) is 1.30. The van der Waals surface area contributed by atoms with Crippen LogP contribution in [0.2, 0.25) is 5.02 Å². The predicted molar refractivity (Wildman–Crippen MR) is 171 cm³/mol. The van der Waals surface area contributed by atoms with E-state index >= 15 is 0 Å². The standard InChI is InChI=1S/C33H38ClN7O3/c1-19(2)31(36)40-18-21(11-15-29(40)35)44-27-14-12-25(22-8-6-7-9-23(22)27)37-32(43)38-30-17-28(33(3,4)5)39-41(30)20-10-13-26(42)24(34)16-20/h6-11,13,15-19,25,27,35-36,42H,12,14H2,1-5H3,(H2,37,38,43)/t25-,27+/m0/s1. The third-order valence-corrected chi connectivity index (χ3v) is 7.95. The fourth-order valence-corrected chi connectivity index (χ4v) is 5.36. The molecule has 0 aliphatic heterocycles. The number of rotatable bonds is 6. The quantitative estimate of drug-likeness (QED) is 0.117. The minimum absolute atomic E-state index is 0.0354. The van der Waals surface area contributed by atoms with E-state index in [1.165, 1.54) is 10.6 Å². The summed E-state index contributed by atoms with van der Waals surface area (Å²) in [7, 11) is 0. The maximum atomic E-state index is 13.4.